The van der Waals surface area contributed by atoms with Gasteiger partial charge in [-0.25, -0.2) is 4.98 Å². The molecule has 5 heteroatoms. The van der Waals surface area contributed by atoms with Crippen LogP contribution in [0, 0.1) is 0 Å². The Bertz CT molecular complexity index is 398. The van der Waals surface area contributed by atoms with E-state index in [1.54, 1.807) is 6.20 Å². The number of rotatable bonds is 4. The van der Waals surface area contributed by atoms with E-state index in [4.69, 9.17) is 5.73 Å². The number of pyridine rings is 1. The molecule has 0 aliphatic carbocycles. The summed E-state index contributed by atoms with van der Waals surface area (Å²) >= 11 is 0. The summed E-state index contributed by atoms with van der Waals surface area (Å²) in [5.41, 5.74) is 6.52. The molecule has 1 fully saturated rings. The van der Waals surface area contributed by atoms with Crippen molar-refractivity contribution in [2.24, 2.45) is 5.73 Å². The lowest BCUT2D eigenvalue weighted by Gasteiger charge is -2.22. The summed E-state index contributed by atoms with van der Waals surface area (Å²) in [4.78, 5) is 20.1. The highest BCUT2D eigenvalue weighted by molar-refractivity contribution is 5.81. The summed E-state index contributed by atoms with van der Waals surface area (Å²) < 4.78 is 0. The van der Waals surface area contributed by atoms with Crippen molar-refractivity contribution in [3.05, 3.63) is 23.9 Å². The first kappa shape index (κ1) is 12.8. The van der Waals surface area contributed by atoms with E-state index in [0.717, 1.165) is 37.3 Å². The summed E-state index contributed by atoms with van der Waals surface area (Å²) in [7, 11) is 1.89. The number of likely N-dealkylation sites (N-methyl/N-ethyl adjacent to an activating group) is 1. The molecule has 1 aliphatic heterocycles. The van der Waals surface area contributed by atoms with Crippen LogP contribution in [-0.4, -0.2) is 42.5 Å². The monoisotopic (exact) mass is 248 g/mol. The average molecular weight is 248 g/mol. The molecule has 98 valence electrons. The topological polar surface area (TPSA) is 62.5 Å². The standard InChI is InChI=1S/C13H20N4O/c1-16(10-13(18)17-6-2-3-7-17)12-5-4-11(8-14)9-15-12/h4-5,9H,2-3,6-8,10,14H2,1H3. The predicted molar refractivity (Wildman–Crippen MR) is 71.2 cm³/mol. The molecule has 1 amide bonds. The number of nitrogens with two attached hydrogens (primary N) is 1. The first-order valence-corrected chi connectivity index (χ1v) is 6.34. The SMILES string of the molecule is CN(CC(=O)N1CCCC1)c1ccc(CN)cn1. The molecule has 1 aliphatic rings. The Hall–Kier alpha value is -1.62. The van der Waals surface area contributed by atoms with Gasteiger partial charge in [0.25, 0.3) is 0 Å². The third kappa shape index (κ3) is 2.98. The molecule has 0 unspecified atom stereocenters. The molecule has 1 saturated heterocycles. The maximum absolute atomic E-state index is 12.0. The summed E-state index contributed by atoms with van der Waals surface area (Å²) in [6.45, 7) is 2.66. The van der Waals surface area contributed by atoms with E-state index in [-0.39, 0.29) is 5.91 Å². The minimum Gasteiger partial charge on any atom is -0.350 e. The largest absolute Gasteiger partial charge is 0.350 e. The van der Waals surface area contributed by atoms with Crippen molar-refractivity contribution >= 4 is 11.7 Å². The second-order valence-electron chi connectivity index (χ2n) is 4.67. The molecule has 0 spiro atoms. The molecule has 0 radical (unpaired) electrons. The van der Waals surface area contributed by atoms with Crippen LogP contribution >= 0.6 is 0 Å². The molecular formula is C13H20N4O. The maximum Gasteiger partial charge on any atom is 0.242 e. The molecule has 5 nitrogen and oxygen atoms in total. The van der Waals surface area contributed by atoms with Gasteiger partial charge in [0.1, 0.15) is 5.82 Å². The number of carbonyl (C=O) groups excluding carboxylic acids is 1. The van der Waals surface area contributed by atoms with Gasteiger partial charge in [-0.2, -0.15) is 0 Å². The first-order chi connectivity index (χ1) is 8.70. The van der Waals surface area contributed by atoms with Gasteiger partial charge in [0.05, 0.1) is 6.54 Å². The number of nitrogens with zero attached hydrogens (tertiary/aromatic N) is 3. The first-order valence-electron chi connectivity index (χ1n) is 6.34. The Morgan fingerprint density at radius 2 is 2.17 bits per heavy atom. The summed E-state index contributed by atoms with van der Waals surface area (Å²) in [6, 6.07) is 3.85. The number of likely N-dealkylation sites (tertiary alicyclic amines) is 1. The molecule has 0 atom stereocenters. The molecule has 0 aromatic carbocycles. The number of amides is 1. The summed E-state index contributed by atoms with van der Waals surface area (Å²) in [6.07, 6.45) is 4.00. The van der Waals surface area contributed by atoms with E-state index in [0.29, 0.717) is 13.1 Å². The van der Waals surface area contributed by atoms with Crippen LogP contribution in [0.1, 0.15) is 18.4 Å². The summed E-state index contributed by atoms with van der Waals surface area (Å²) in [5, 5.41) is 0. The maximum atomic E-state index is 12.0. The summed E-state index contributed by atoms with van der Waals surface area (Å²) in [5.74, 6) is 0.986. The van der Waals surface area contributed by atoms with E-state index in [2.05, 4.69) is 4.98 Å². The van der Waals surface area contributed by atoms with Crippen molar-refractivity contribution in [1.29, 1.82) is 0 Å². The Morgan fingerprint density at radius 1 is 1.44 bits per heavy atom. The zero-order chi connectivity index (χ0) is 13.0. The molecular weight excluding hydrogens is 228 g/mol. The van der Waals surface area contributed by atoms with Gasteiger partial charge in [-0.05, 0) is 24.5 Å². The number of hydrogen-bond donors (Lipinski definition) is 1. The third-order valence-corrected chi connectivity index (χ3v) is 3.27. The van der Waals surface area contributed by atoms with Crippen LogP contribution in [0.4, 0.5) is 5.82 Å². The van der Waals surface area contributed by atoms with E-state index in [9.17, 15) is 4.79 Å². The Labute approximate surface area is 108 Å². The number of aromatic nitrogens is 1. The van der Waals surface area contributed by atoms with Gasteiger partial charge in [-0.1, -0.05) is 6.07 Å². The Kier molecular flexibility index (Phi) is 4.15. The zero-order valence-corrected chi connectivity index (χ0v) is 10.8. The molecule has 0 saturated carbocycles. The average Bonchev–Trinajstić information content (AvgIpc) is 2.92. The van der Waals surface area contributed by atoms with Crippen molar-refractivity contribution < 1.29 is 4.79 Å². The molecule has 0 bridgehead atoms. The lowest BCUT2D eigenvalue weighted by molar-refractivity contribution is -0.128. The van der Waals surface area contributed by atoms with Crippen LogP contribution in [-0.2, 0) is 11.3 Å². The van der Waals surface area contributed by atoms with Gasteiger partial charge in [-0.15, -0.1) is 0 Å². The number of carbonyl (C=O) groups is 1. The fourth-order valence-electron chi connectivity index (χ4n) is 2.11. The van der Waals surface area contributed by atoms with Gasteiger partial charge in [0, 0.05) is 32.9 Å². The van der Waals surface area contributed by atoms with Gasteiger partial charge in [0.2, 0.25) is 5.91 Å². The minimum atomic E-state index is 0.180. The fraction of sp³-hybridized carbons (Fsp3) is 0.538. The van der Waals surface area contributed by atoms with Crippen molar-refractivity contribution in [2.45, 2.75) is 19.4 Å². The second-order valence-corrected chi connectivity index (χ2v) is 4.67. The molecule has 2 N–H and O–H groups in total. The normalized spacial score (nSPS) is 14.9. The quantitative estimate of drug-likeness (QED) is 0.847. The van der Waals surface area contributed by atoms with Crippen molar-refractivity contribution in [2.75, 3.05) is 31.6 Å². The number of anilines is 1. The molecule has 1 aromatic rings. The van der Waals surface area contributed by atoms with E-state index < -0.39 is 0 Å². The minimum absolute atomic E-state index is 0.180. The van der Waals surface area contributed by atoms with Gasteiger partial charge >= 0.3 is 0 Å². The van der Waals surface area contributed by atoms with E-state index in [1.807, 2.05) is 29.0 Å². The van der Waals surface area contributed by atoms with E-state index in [1.165, 1.54) is 0 Å². The van der Waals surface area contributed by atoms with Crippen molar-refractivity contribution in [1.82, 2.24) is 9.88 Å². The van der Waals surface area contributed by atoms with Crippen molar-refractivity contribution in [3.8, 4) is 0 Å². The van der Waals surface area contributed by atoms with Crippen LogP contribution < -0.4 is 10.6 Å². The van der Waals surface area contributed by atoms with Crippen LogP contribution in [0.25, 0.3) is 0 Å². The smallest absolute Gasteiger partial charge is 0.242 e. The Balaban J connectivity index is 1.93. The second kappa shape index (κ2) is 5.82. The molecule has 2 heterocycles. The highest BCUT2D eigenvalue weighted by Gasteiger charge is 2.19. The Morgan fingerprint density at radius 3 is 2.72 bits per heavy atom. The van der Waals surface area contributed by atoms with Crippen LogP contribution in [0.5, 0.6) is 0 Å². The highest BCUT2D eigenvalue weighted by atomic mass is 16.2. The van der Waals surface area contributed by atoms with Gasteiger partial charge < -0.3 is 15.5 Å². The predicted octanol–water partition coefficient (Wildman–Crippen LogP) is 0.599. The van der Waals surface area contributed by atoms with Crippen molar-refractivity contribution in [3.63, 3.8) is 0 Å². The fourth-order valence-corrected chi connectivity index (χ4v) is 2.11. The molecule has 1 aromatic heterocycles. The zero-order valence-electron chi connectivity index (χ0n) is 10.8. The lowest BCUT2D eigenvalue weighted by atomic mass is 10.3. The van der Waals surface area contributed by atoms with Crippen LogP contribution in [0.3, 0.4) is 0 Å². The number of hydrogen-bond acceptors (Lipinski definition) is 4. The lowest BCUT2D eigenvalue weighted by Crippen LogP contribution is -2.37. The molecule has 18 heavy (non-hydrogen) atoms. The molecule has 2 rings (SSSR count). The van der Waals surface area contributed by atoms with Gasteiger partial charge in [-0.3, -0.25) is 4.79 Å². The van der Waals surface area contributed by atoms with Crippen LogP contribution in [0.2, 0.25) is 0 Å². The van der Waals surface area contributed by atoms with Crippen LogP contribution in [0.15, 0.2) is 18.3 Å². The van der Waals surface area contributed by atoms with Gasteiger partial charge in [0.15, 0.2) is 0 Å². The third-order valence-electron chi connectivity index (χ3n) is 3.27. The van der Waals surface area contributed by atoms with E-state index >= 15 is 0 Å². The highest BCUT2D eigenvalue weighted by Crippen LogP contribution is 2.12.